The molecular formula is C13H21N3O2S2. The first-order chi connectivity index (χ1) is 9.60. The zero-order chi connectivity index (χ0) is 14.2. The average molecular weight is 315 g/mol. The van der Waals surface area contributed by atoms with Crippen LogP contribution in [0.25, 0.3) is 0 Å². The second-order valence-electron chi connectivity index (χ2n) is 5.55. The largest absolute Gasteiger partial charge is 0.346 e. The van der Waals surface area contributed by atoms with E-state index in [0.717, 1.165) is 42.9 Å². The third-order valence-corrected chi connectivity index (χ3v) is 6.55. The van der Waals surface area contributed by atoms with Gasteiger partial charge in [0.05, 0.1) is 4.90 Å². The van der Waals surface area contributed by atoms with Crippen molar-refractivity contribution in [1.82, 2.24) is 9.29 Å². The smallest absolute Gasteiger partial charge is 0.242 e. The Morgan fingerprint density at radius 1 is 1.40 bits per heavy atom. The Labute approximate surface area is 124 Å². The Morgan fingerprint density at radius 3 is 2.80 bits per heavy atom. The van der Waals surface area contributed by atoms with Crippen LogP contribution in [-0.4, -0.2) is 30.5 Å². The third-order valence-electron chi connectivity index (χ3n) is 3.85. The lowest BCUT2D eigenvalue weighted by molar-refractivity contribution is 0.543. The summed E-state index contributed by atoms with van der Waals surface area (Å²) < 4.78 is 29.8. The predicted octanol–water partition coefficient (Wildman–Crippen LogP) is 1.46. The minimum atomic E-state index is -3.42. The van der Waals surface area contributed by atoms with Gasteiger partial charge in [-0.3, -0.25) is 0 Å². The van der Waals surface area contributed by atoms with Crippen LogP contribution in [-0.2, 0) is 16.6 Å². The zero-order valence-electron chi connectivity index (χ0n) is 11.4. The highest BCUT2D eigenvalue weighted by atomic mass is 32.2. The minimum Gasteiger partial charge on any atom is -0.346 e. The van der Waals surface area contributed by atoms with Crippen molar-refractivity contribution >= 4 is 21.8 Å². The van der Waals surface area contributed by atoms with Crippen molar-refractivity contribution in [3.63, 3.8) is 0 Å². The Kier molecular flexibility index (Phi) is 4.12. The van der Waals surface area contributed by atoms with Gasteiger partial charge < -0.3 is 10.3 Å². The number of nitrogens with two attached hydrogens (primary N) is 1. The van der Waals surface area contributed by atoms with E-state index in [-0.39, 0.29) is 6.04 Å². The fraction of sp³-hybridized carbons (Fsp3) is 0.692. The van der Waals surface area contributed by atoms with E-state index in [1.165, 1.54) is 0 Å². The third kappa shape index (κ3) is 3.05. The van der Waals surface area contributed by atoms with E-state index in [1.807, 2.05) is 16.3 Å². The maximum Gasteiger partial charge on any atom is 0.242 e. The molecule has 0 bridgehead atoms. The molecule has 1 aliphatic carbocycles. The molecule has 3 rings (SSSR count). The molecule has 0 amide bonds. The van der Waals surface area contributed by atoms with Gasteiger partial charge in [-0.05, 0) is 37.5 Å². The van der Waals surface area contributed by atoms with Crippen LogP contribution < -0.4 is 10.5 Å². The molecular weight excluding hydrogens is 294 g/mol. The first-order valence-corrected chi connectivity index (χ1v) is 9.75. The normalized spacial score (nSPS) is 23.9. The molecule has 1 aromatic rings. The molecule has 2 fully saturated rings. The second-order valence-corrected chi connectivity index (χ2v) is 8.41. The standard InChI is InChI=1S/C13H21N3O2S2/c14-7-12-6-13(8-16(12)11-3-4-11)20(17,18)15-10-2-1-5-19-9-10/h6,8,10-11,15H,1-5,7,9,14H2. The Morgan fingerprint density at radius 2 is 2.20 bits per heavy atom. The number of rotatable bonds is 5. The van der Waals surface area contributed by atoms with Crippen LogP contribution in [0.5, 0.6) is 0 Å². The molecule has 0 aromatic carbocycles. The minimum absolute atomic E-state index is 0.0596. The molecule has 1 saturated heterocycles. The molecule has 0 radical (unpaired) electrons. The Hall–Kier alpha value is -0.500. The highest BCUT2D eigenvalue weighted by Gasteiger charge is 2.29. The Balaban J connectivity index is 1.79. The molecule has 2 heterocycles. The maximum atomic E-state index is 12.5. The van der Waals surface area contributed by atoms with Crippen molar-refractivity contribution < 1.29 is 8.42 Å². The van der Waals surface area contributed by atoms with E-state index in [1.54, 1.807) is 12.3 Å². The fourth-order valence-corrected chi connectivity index (χ4v) is 5.12. The number of nitrogens with one attached hydrogen (secondary N) is 1. The molecule has 20 heavy (non-hydrogen) atoms. The summed E-state index contributed by atoms with van der Waals surface area (Å²) in [6.45, 7) is 0.380. The molecule has 5 nitrogen and oxygen atoms in total. The molecule has 1 unspecified atom stereocenters. The van der Waals surface area contributed by atoms with Gasteiger partial charge in [0.2, 0.25) is 10.0 Å². The van der Waals surface area contributed by atoms with Crippen LogP contribution in [0.15, 0.2) is 17.2 Å². The van der Waals surface area contributed by atoms with Crippen molar-refractivity contribution in [2.75, 3.05) is 11.5 Å². The van der Waals surface area contributed by atoms with Crippen molar-refractivity contribution in [1.29, 1.82) is 0 Å². The van der Waals surface area contributed by atoms with Gasteiger partial charge >= 0.3 is 0 Å². The molecule has 0 spiro atoms. The van der Waals surface area contributed by atoms with Gasteiger partial charge in [0.25, 0.3) is 0 Å². The number of thioether (sulfide) groups is 1. The summed E-state index contributed by atoms with van der Waals surface area (Å²) in [6.07, 6.45) is 5.99. The van der Waals surface area contributed by atoms with Crippen molar-refractivity contribution in [3.8, 4) is 0 Å². The molecule has 3 N–H and O–H groups in total. The topological polar surface area (TPSA) is 77.1 Å². The van der Waals surface area contributed by atoms with Crippen LogP contribution in [0.1, 0.15) is 37.4 Å². The van der Waals surface area contributed by atoms with Crippen molar-refractivity contribution in [2.45, 2.75) is 49.2 Å². The summed E-state index contributed by atoms with van der Waals surface area (Å²) in [5, 5.41) is 0. The van der Waals surface area contributed by atoms with Gasteiger partial charge in [0.1, 0.15) is 0 Å². The summed E-state index contributed by atoms with van der Waals surface area (Å²) in [7, 11) is -3.42. The SMILES string of the molecule is NCc1cc(S(=O)(=O)NC2CCCSC2)cn1C1CC1. The average Bonchev–Trinajstić information content (AvgIpc) is 3.18. The van der Waals surface area contributed by atoms with Crippen LogP contribution in [0.3, 0.4) is 0 Å². The zero-order valence-corrected chi connectivity index (χ0v) is 13.0. The van der Waals surface area contributed by atoms with Gasteiger partial charge in [-0.25, -0.2) is 13.1 Å². The number of hydrogen-bond acceptors (Lipinski definition) is 4. The van der Waals surface area contributed by atoms with Crippen molar-refractivity contribution in [2.24, 2.45) is 5.73 Å². The van der Waals surface area contributed by atoms with Gasteiger partial charge in [0.15, 0.2) is 0 Å². The molecule has 1 aromatic heterocycles. The lowest BCUT2D eigenvalue weighted by Gasteiger charge is -2.21. The fourth-order valence-electron chi connectivity index (χ4n) is 2.62. The highest BCUT2D eigenvalue weighted by molar-refractivity contribution is 7.99. The molecule has 7 heteroatoms. The molecule has 1 aliphatic heterocycles. The first-order valence-electron chi connectivity index (χ1n) is 7.11. The van der Waals surface area contributed by atoms with E-state index >= 15 is 0 Å². The monoisotopic (exact) mass is 315 g/mol. The van der Waals surface area contributed by atoms with E-state index in [4.69, 9.17) is 5.73 Å². The van der Waals surface area contributed by atoms with Crippen LogP contribution in [0, 0.1) is 0 Å². The van der Waals surface area contributed by atoms with Crippen LogP contribution in [0.2, 0.25) is 0 Å². The van der Waals surface area contributed by atoms with E-state index in [9.17, 15) is 8.42 Å². The van der Waals surface area contributed by atoms with E-state index in [2.05, 4.69) is 4.72 Å². The summed E-state index contributed by atoms with van der Waals surface area (Å²) in [5.41, 5.74) is 6.63. The molecule has 1 saturated carbocycles. The summed E-state index contributed by atoms with van der Waals surface area (Å²) in [5.74, 6) is 2.00. The molecule has 1 atom stereocenters. The summed E-state index contributed by atoms with van der Waals surface area (Å²) in [6, 6.07) is 2.23. The second kappa shape index (κ2) is 5.71. The summed E-state index contributed by atoms with van der Waals surface area (Å²) in [4.78, 5) is 0.362. The lowest BCUT2D eigenvalue weighted by Crippen LogP contribution is -2.38. The summed E-state index contributed by atoms with van der Waals surface area (Å²) >= 11 is 1.81. The van der Waals surface area contributed by atoms with Gasteiger partial charge in [-0.2, -0.15) is 11.8 Å². The van der Waals surface area contributed by atoms with Gasteiger partial charge in [0, 0.05) is 36.3 Å². The predicted molar refractivity (Wildman–Crippen MR) is 81.3 cm³/mol. The number of hydrogen-bond donors (Lipinski definition) is 2. The van der Waals surface area contributed by atoms with Crippen LogP contribution in [0.4, 0.5) is 0 Å². The molecule has 112 valence electrons. The Bertz CT molecular complexity index is 572. The highest BCUT2D eigenvalue weighted by Crippen LogP contribution is 2.37. The lowest BCUT2D eigenvalue weighted by atomic mass is 10.2. The van der Waals surface area contributed by atoms with E-state index < -0.39 is 10.0 Å². The maximum absolute atomic E-state index is 12.5. The molecule has 2 aliphatic rings. The van der Waals surface area contributed by atoms with Crippen molar-refractivity contribution in [3.05, 3.63) is 18.0 Å². The number of aromatic nitrogens is 1. The quantitative estimate of drug-likeness (QED) is 0.862. The van der Waals surface area contributed by atoms with Gasteiger partial charge in [-0.1, -0.05) is 0 Å². The van der Waals surface area contributed by atoms with Gasteiger partial charge in [-0.15, -0.1) is 0 Å². The van der Waals surface area contributed by atoms with E-state index in [0.29, 0.717) is 17.5 Å². The number of sulfonamides is 1. The first kappa shape index (κ1) is 14.4. The van der Waals surface area contributed by atoms with Crippen LogP contribution >= 0.6 is 11.8 Å². The number of nitrogens with zero attached hydrogens (tertiary/aromatic N) is 1.